The van der Waals surface area contributed by atoms with Gasteiger partial charge in [0.15, 0.2) is 0 Å². The smallest absolute Gasteiger partial charge is 0.308 e. The summed E-state index contributed by atoms with van der Waals surface area (Å²) < 4.78 is 0. The second-order valence-corrected chi connectivity index (χ2v) is 3.73. The fourth-order valence-electron chi connectivity index (χ4n) is 2.38. The Hall–Kier alpha value is -0.830. The van der Waals surface area contributed by atoms with E-state index in [0.717, 1.165) is 12.8 Å². The second kappa shape index (κ2) is 2.59. The van der Waals surface area contributed by atoms with Crippen molar-refractivity contribution in [3.8, 4) is 0 Å². The van der Waals surface area contributed by atoms with E-state index in [1.165, 1.54) is 0 Å². The zero-order valence-electron chi connectivity index (χ0n) is 6.81. The largest absolute Gasteiger partial charge is 0.481 e. The van der Waals surface area contributed by atoms with E-state index in [4.69, 9.17) is 10.8 Å². The van der Waals surface area contributed by atoms with Crippen molar-refractivity contribution in [2.45, 2.75) is 18.9 Å². The van der Waals surface area contributed by atoms with Crippen LogP contribution in [0, 0.1) is 17.8 Å². The molecule has 0 heterocycles. The molecule has 3 nitrogen and oxygen atoms in total. The first-order chi connectivity index (χ1) is 5.70. The monoisotopic (exact) mass is 167 g/mol. The number of hydrogen-bond acceptors (Lipinski definition) is 2. The summed E-state index contributed by atoms with van der Waals surface area (Å²) in [6.07, 6.45) is 6.16. The van der Waals surface area contributed by atoms with Crippen LogP contribution in [-0.2, 0) is 4.79 Å². The summed E-state index contributed by atoms with van der Waals surface area (Å²) in [5.41, 5.74) is 5.83. The predicted octanol–water partition coefficient (Wildman–Crippen LogP) is 0.610. The molecule has 3 N–H and O–H groups in total. The zero-order chi connectivity index (χ0) is 8.72. The lowest BCUT2D eigenvalue weighted by Gasteiger charge is -2.40. The number of rotatable bonds is 1. The molecule has 1 saturated carbocycles. The molecule has 0 aromatic heterocycles. The quantitative estimate of drug-likeness (QED) is 0.562. The average molecular weight is 167 g/mol. The molecular formula is C9H13NO2. The highest BCUT2D eigenvalue weighted by atomic mass is 16.4. The fourth-order valence-corrected chi connectivity index (χ4v) is 2.38. The number of carbonyl (C=O) groups is 1. The van der Waals surface area contributed by atoms with Crippen LogP contribution in [0.5, 0.6) is 0 Å². The molecular weight excluding hydrogens is 154 g/mol. The highest BCUT2D eigenvalue weighted by Gasteiger charge is 2.42. The van der Waals surface area contributed by atoms with E-state index in [2.05, 4.69) is 6.08 Å². The van der Waals surface area contributed by atoms with Gasteiger partial charge >= 0.3 is 5.97 Å². The van der Waals surface area contributed by atoms with Crippen molar-refractivity contribution in [2.75, 3.05) is 0 Å². The van der Waals surface area contributed by atoms with Crippen LogP contribution in [0.4, 0.5) is 0 Å². The van der Waals surface area contributed by atoms with Crippen LogP contribution >= 0.6 is 0 Å². The molecule has 0 aromatic rings. The lowest BCUT2D eigenvalue weighted by molar-refractivity contribution is -0.145. The number of aliphatic carboxylic acids is 1. The first-order valence-corrected chi connectivity index (χ1v) is 4.37. The summed E-state index contributed by atoms with van der Waals surface area (Å²) in [4.78, 5) is 10.8. The van der Waals surface area contributed by atoms with Gasteiger partial charge in [-0.1, -0.05) is 12.2 Å². The number of nitrogens with two attached hydrogens (primary N) is 1. The van der Waals surface area contributed by atoms with E-state index in [-0.39, 0.29) is 17.9 Å². The van der Waals surface area contributed by atoms with E-state index in [1.807, 2.05) is 6.08 Å². The maximum Gasteiger partial charge on any atom is 0.308 e. The second-order valence-electron chi connectivity index (χ2n) is 3.73. The maximum atomic E-state index is 10.8. The Bertz CT molecular complexity index is 237. The molecule has 1 fully saturated rings. The fraction of sp³-hybridized carbons (Fsp3) is 0.667. The van der Waals surface area contributed by atoms with Gasteiger partial charge in [-0.05, 0) is 24.7 Å². The van der Waals surface area contributed by atoms with Crippen LogP contribution in [0.15, 0.2) is 12.2 Å². The molecule has 0 spiro atoms. The Morgan fingerprint density at radius 1 is 1.33 bits per heavy atom. The van der Waals surface area contributed by atoms with Gasteiger partial charge in [-0.25, -0.2) is 0 Å². The Kier molecular flexibility index (Phi) is 1.68. The third kappa shape index (κ3) is 0.966. The summed E-state index contributed by atoms with van der Waals surface area (Å²) >= 11 is 0. The molecule has 4 atom stereocenters. The standard InChI is InChI=1S/C9H13NO2/c10-8-6-3-1-5(2-4-6)7(8)9(11)12/h1,3,5-8H,2,4,10H2,(H,11,12)/t5-,6+,7+,8+/m0/s1. The summed E-state index contributed by atoms with van der Waals surface area (Å²) in [5, 5.41) is 8.92. The Morgan fingerprint density at radius 3 is 2.25 bits per heavy atom. The molecule has 66 valence electrons. The van der Waals surface area contributed by atoms with Crippen LogP contribution < -0.4 is 5.73 Å². The van der Waals surface area contributed by atoms with Gasteiger partial charge in [0.25, 0.3) is 0 Å². The van der Waals surface area contributed by atoms with Crippen molar-refractivity contribution in [1.29, 1.82) is 0 Å². The van der Waals surface area contributed by atoms with Crippen molar-refractivity contribution in [3.05, 3.63) is 12.2 Å². The molecule has 3 aliphatic rings. The molecule has 3 rings (SSSR count). The Balaban J connectivity index is 2.26. The van der Waals surface area contributed by atoms with E-state index < -0.39 is 5.97 Å². The molecule has 0 radical (unpaired) electrons. The first-order valence-electron chi connectivity index (χ1n) is 4.37. The van der Waals surface area contributed by atoms with Gasteiger partial charge in [-0.15, -0.1) is 0 Å². The van der Waals surface area contributed by atoms with Crippen LogP contribution in [0.1, 0.15) is 12.8 Å². The van der Waals surface area contributed by atoms with E-state index in [9.17, 15) is 4.79 Å². The third-order valence-corrected chi connectivity index (χ3v) is 3.09. The summed E-state index contributed by atoms with van der Waals surface area (Å²) in [6, 6.07) is -0.161. The minimum Gasteiger partial charge on any atom is -0.481 e. The topological polar surface area (TPSA) is 63.3 Å². The predicted molar refractivity (Wildman–Crippen MR) is 44.5 cm³/mol. The van der Waals surface area contributed by atoms with E-state index in [1.54, 1.807) is 0 Å². The van der Waals surface area contributed by atoms with Gasteiger partial charge in [-0.3, -0.25) is 4.79 Å². The van der Waals surface area contributed by atoms with Crippen LogP contribution in [0.25, 0.3) is 0 Å². The van der Waals surface area contributed by atoms with Crippen LogP contribution in [0.3, 0.4) is 0 Å². The molecule has 0 saturated heterocycles. The van der Waals surface area contributed by atoms with Gasteiger partial charge in [0.1, 0.15) is 0 Å². The number of fused-ring (bicyclic) bond motifs is 2. The molecule has 3 aliphatic carbocycles. The number of carboxylic acid groups (broad SMARTS) is 1. The minimum absolute atomic E-state index is 0.161. The highest BCUT2D eigenvalue weighted by molar-refractivity contribution is 5.72. The van der Waals surface area contributed by atoms with Crippen molar-refractivity contribution >= 4 is 5.97 Å². The van der Waals surface area contributed by atoms with Gasteiger partial charge in [0.05, 0.1) is 5.92 Å². The molecule has 0 amide bonds. The van der Waals surface area contributed by atoms with Crippen molar-refractivity contribution in [1.82, 2.24) is 0 Å². The number of allylic oxidation sites excluding steroid dienone is 1. The van der Waals surface area contributed by atoms with Gasteiger partial charge in [0.2, 0.25) is 0 Å². The molecule has 2 bridgehead atoms. The molecule has 12 heavy (non-hydrogen) atoms. The summed E-state index contributed by atoms with van der Waals surface area (Å²) in [7, 11) is 0. The van der Waals surface area contributed by atoms with Gasteiger partial charge in [0, 0.05) is 6.04 Å². The molecule has 0 unspecified atom stereocenters. The first kappa shape index (κ1) is 7.80. The Labute approximate surface area is 71.3 Å². The van der Waals surface area contributed by atoms with Crippen molar-refractivity contribution < 1.29 is 9.90 Å². The van der Waals surface area contributed by atoms with Crippen molar-refractivity contribution in [3.63, 3.8) is 0 Å². The third-order valence-electron chi connectivity index (χ3n) is 3.09. The normalized spacial score (nSPS) is 44.8. The maximum absolute atomic E-state index is 10.8. The van der Waals surface area contributed by atoms with Crippen molar-refractivity contribution in [2.24, 2.45) is 23.5 Å². The SMILES string of the molecule is N[C@H]1[C@H](C(=O)O)[C@H]2C=C[C@@H]1CC2. The van der Waals surface area contributed by atoms with Crippen LogP contribution in [-0.4, -0.2) is 17.1 Å². The minimum atomic E-state index is -0.735. The number of carboxylic acids is 1. The molecule has 3 heteroatoms. The number of hydrogen-bond donors (Lipinski definition) is 2. The zero-order valence-corrected chi connectivity index (χ0v) is 6.81. The average Bonchev–Trinajstić information content (AvgIpc) is 2.05. The summed E-state index contributed by atoms with van der Waals surface area (Å²) in [6.45, 7) is 0. The lowest BCUT2D eigenvalue weighted by atomic mass is 9.66. The van der Waals surface area contributed by atoms with E-state index >= 15 is 0 Å². The Morgan fingerprint density at radius 2 is 1.92 bits per heavy atom. The lowest BCUT2D eigenvalue weighted by Crippen LogP contribution is -2.50. The van der Waals surface area contributed by atoms with Gasteiger partial charge < -0.3 is 10.8 Å². The van der Waals surface area contributed by atoms with Crippen LogP contribution in [0.2, 0.25) is 0 Å². The molecule has 0 aromatic carbocycles. The van der Waals surface area contributed by atoms with E-state index in [0.29, 0.717) is 5.92 Å². The summed E-state index contributed by atoms with van der Waals surface area (Å²) in [5.74, 6) is -0.589. The molecule has 0 aliphatic heterocycles. The van der Waals surface area contributed by atoms with Gasteiger partial charge in [-0.2, -0.15) is 0 Å². The highest BCUT2D eigenvalue weighted by Crippen LogP contribution is 2.39.